The highest BCUT2D eigenvalue weighted by Crippen LogP contribution is 2.12. The highest BCUT2D eigenvalue weighted by atomic mass is 16.3. The predicted molar refractivity (Wildman–Crippen MR) is 87.0 cm³/mol. The zero-order chi connectivity index (χ0) is 16.5. The SMILES string of the molecule is O=C(NCCc1ccccc1)C(=O)N/N=C/c1ccccc1O. The maximum Gasteiger partial charge on any atom is 0.329 e. The first-order valence-electron chi connectivity index (χ1n) is 7.10. The Morgan fingerprint density at radius 1 is 1.00 bits per heavy atom. The second-order valence-electron chi connectivity index (χ2n) is 4.75. The molecule has 2 rings (SSSR count). The van der Waals surface area contributed by atoms with Gasteiger partial charge in [0, 0.05) is 12.1 Å². The van der Waals surface area contributed by atoms with Gasteiger partial charge in [0.1, 0.15) is 5.75 Å². The van der Waals surface area contributed by atoms with Gasteiger partial charge in [0.2, 0.25) is 0 Å². The molecular formula is C17H17N3O3. The van der Waals surface area contributed by atoms with Gasteiger partial charge in [-0.05, 0) is 24.1 Å². The van der Waals surface area contributed by atoms with E-state index in [2.05, 4.69) is 15.8 Å². The molecular weight excluding hydrogens is 294 g/mol. The molecule has 0 aromatic heterocycles. The third kappa shape index (κ3) is 5.28. The molecule has 0 aliphatic rings. The molecule has 6 heteroatoms. The zero-order valence-electron chi connectivity index (χ0n) is 12.4. The van der Waals surface area contributed by atoms with Crippen molar-refractivity contribution in [3.8, 4) is 5.75 Å². The Kier molecular flexibility index (Phi) is 5.88. The molecule has 118 valence electrons. The predicted octanol–water partition coefficient (Wildman–Crippen LogP) is 1.20. The first kappa shape index (κ1) is 16.2. The van der Waals surface area contributed by atoms with Crippen molar-refractivity contribution in [2.24, 2.45) is 5.10 Å². The van der Waals surface area contributed by atoms with Gasteiger partial charge in [-0.2, -0.15) is 5.10 Å². The molecule has 23 heavy (non-hydrogen) atoms. The highest BCUT2D eigenvalue weighted by molar-refractivity contribution is 6.35. The van der Waals surface area contributed by atoms with Gasteiger partial charge in [-0.3, -0.25) is 9.59 Å². The molecule has 0 fully saturated rings. The number of hydrogen-bond acceptors (Lipinski definition) is 4. The van der Waals surface area contributed by atoms with Crippen molar-refractivity contribution in [3.63, 3.8) is 0 Å². The Bertz CT molecular complexity index is 699. The van der Waals surface area contributed by atoms with Gasteiger partial charge in [0.25, 0.3) is 0 Å². The van der Waals surface area contributed by atoms with E-state index in [1.54, 1.807) is 18.2 Å². The normalized spacial score (nSPS) is 10.4. The number of carbonyl (C=O) groups is 2. The molecule has 2 aromatic carbocycles. The number of carbonyl (C=O) groups excluding carboxylic acids is 2. The summed E-state index contributed by atoms with van der Waals surface area (Å²) in [4.78, 5) is 23.2. The monoisotopic (exact) mass is 311 g/mol. The van der Waals surface area contributed by atoms with E-state index in [-0.39, 0.29) is 5.75 Å². The van der Waals surface area contributed by atoms with Crippen molar-refractivity contribution in [1.82, 2.24) is 10.7 Å². The molecule has 0 unspecified atom stereocenters. The summed E-state index contributed by atoms with van der Waals surface area (Å²) in [6, 6.07) is 16.2. The van der Waals surface area contributed by atoms with E-state index in [4.69, 9.17) is 0 Å². The van der Waals surface area contributed by atoms with Crippen molar-refractivity contribution in [2.75, 3.05) is 6.54 Å². The number of phenolic OH excluding ortho intramolecular Hbond substituents is 1. The van der Waals surface area contributed by atoms with Gasteiger partial charge in [0.05, 0.1) is 6.21 Å². The van der Waals surface area contributed by atoms with Crippen molar-refractivity contribution in [2.45, 2.75) is 6.42 Å². The first-order chi connectivity index (χ1) is 11.2. The fourth-order valence-electron chi connectivity index (χ4n) is 1.85. The number of benzene rings is 2. The highest BCUT2D eigenvalue weighted by Gasteiger charge is 2.11. The molecule has 6 nitrogen and oxygen atoms in total. The lowest BCUT2D eigenvalue weighted by molar-refractivity contribution is -0.139. The summed E-state index contributed by atoms with van der Waals surface area (Å²) in [6.45, 7) is 0.361. The largest absolute Gasteiger partial charge is 0.507 e. The minimum atomic E-state index is -0.857. The summed E-state index contributed by atoms with van der Waals surface area (Å²) in [5, 5.41) is 15.7. The standard InChI is InChI=1S/C17H17N3O3/c21-15-9-5-4-8-14(15)12-19-20-17(23)16(22)18-11-10-13-6-2-1-3-7-13/h1-9,12,21H,10-11H2,(H,18,22)(H,20,23)/b19-12+. The summed E-state index contributed by atoms with van der Waals surface area (Å²) >= 11 is 0. The molecule has 3 N–H and O–H groups in total. The Morgan fingerprint density at radius 3 is 2.43 bits per heavy atom. The average Bonchev–Trinajstić information content (AvgIpc) is 2.57. The summed E-state index contributed by atoms with van der Waals surface area (Å²) in [7, 11) is 0. The molecule has 0 spiro atoms. The van der Waals surface area contributed by atoms with E-state index < -0.39 is 11.8 Å². The van der Waals surface area contributed by atoms with Crippen LogP contribution in [0, 0.1) is 0 Å². The van der Waals surface area contributed by atoms with Crippen molar-refractivity contribution < 1.29 is 14.7 Å². The number of hydrazone groups is 1. The van der Waals surface area contributed by atoms with E-state index in [0.717, 1.165) is 5.56 Å². The third-order valence-electron chi connectivity index (χ3n) is 3.05. The Morgan fingerprint density at radius 2 is 1.70 bits per heavy atom. The second kappa shape index (κ2) is 8.33. The number of amides is 2. The lowest BCUT2D eigenvalue weighted by atomic mass is 10.1. The van der Waals surface area contributed by atoms with Crippen molar-refractivity contribution in [1.29, 1.82) is 0 Å². The van der Waals surface area contributed by atoms with Gasteiger partial charge in [0.15, 0.2) is 0 Å². The minimum Gasteiger partial charge on any atom is -0.507 e. The van der Waals surface area contributed by atoms with Crippen LogP contribution < -0.4 is 10.7 Å². The molecule has 2 aromatic rings. The topological polar surface area (TPSA) is 90.8 Å². The molecule has 0 saturated heterocycles. The van der Waals surface area contributed by atoms with Gasteiger partial charge < -0.3 is 10.4 Å². The third-order valence-corrected chi connectivity index (χ3v) is 3.05. The average molecular weight is 311 g/mol. The van der Waals surface area contributed by atoms with Crippen LogP contribution in [0.25, 0.3) is 0 Å². The summed E-state index contributed by atoms with van der Waals surface area (Å²) in [5.74, 6) is -1.57. The van der Waals surface area contributed by atoms with Crippen LogP contribution in [-0.4, -0.2) is 29.7 Å². The molecule has 0 bridgehead atoms. The molecule has 0 aliphatic carbocycles. The smallest absolute Gasteiger partial charge is 0.329 e. The van der Waals surface area contributed by atoms with E-state index in [1.807, 2.05) is 30.3 Å². The molecule has 0 heterocycles. The molecule has 2 amide bonds. The first-order valence-corrected chi connectivity index (χ1v) is 7.10. The number of phenols is 1. The maximum absolute atomic E-state index is 11.6. The number of nitrogens with zero attached hydrogens (tertiary/aromatic N) is 1. The van der Waals surface area contributed by atoms with E-state index in [0.29, 0.717) is 18.5 Å². The minimum absolute atomic E-state index is 0.0396. The van der Waals surface area contributed by atoms with Crippen molar-refractivity contribution >= 4 is 18.0 Å². The van der Waals surface area contributed by atoms with Crippen LogP contribution in [0.15, 0.2) is 59.7 Å². The van der Waals surface area contributed by atoms with Crippen molar-refractivity contribution in [3.05, 3.63) is 65.7 Å². The van der Waals surface area contributed by atoms with E-state index in [9.17, 15) is 14.7 Å². The molecule has 0 saturated carbocycles. The zero-order valence-corrected chi connectivity index (χ0v) is 12.4. The van der Waals surface area contributed by atoms with Gasteiger partial charge in [-0.1, -0.05) is 42.5 Å². The van der Waals surface area contributed by atoms with E-state index >= 15 is 0 Å². The summed E-state index contributed by atoms with van der Waals surface area (Å²) in [5.41, 5.74) is 3.63. The number of aromatic hydroxyl groups is 1. The lowest BCUT2D eigenvalue weighted by Gasteiger charge is -2.04. The van der Waals surface area contributed by atoms with Crippen LogP contribution in [0.2, 0.25) is 0 Å². The Balaban J connectivity index is 1.75. The fourth-order valence-corrected chi connectivity index (χ4v) is 1.85. The molecule has 0 radical (unpaired) electrons. The van der Waals surface area contributed by atoms with Crippen LogP contribution in [0.4, 0.5) is 0 Å². The molecule has 0 atom stereocenters. The maximum atomic E-state index is 11.6. The fraction of sp³-hybridized carbons (Fsp3) is 0.118. The van der Waals surface area contributed by atoms with Gasteiger partial charge >= 0.3 is 11.8 Å². The lowest BCUT2D eigenvalue weighted by Crippen LogP contribution is -2.38. The van der Waals surface area contributed by atoms with Gasteiger partial charge in [-0.25, -0.2) is 5.43 Å². The van der Waals surface area contributed by atoms with Crippen LogP contribution in [0.1, 0.15) is 11.1 Å². The number of para-hydroxylation sites is 1. The Hall–Kier alpha value is -3.15. The number of nitrogens with one attached hydrogen (secondary N) is 2. The van der Waals surface area contributed by atoms with E-state index in [1.165, 1.54) is 12.3 Å². The number of hydrogen-bond donors (Lipinski definition) is 3. The number of rotatable bonds is 5. The Labute approximate surface area is 133 Å². The van der Waals surface area contributed by atoms with Gasteiger partial charge in [-0.15, -0.1) is 0 Å². The van der Waals surface area contributed by atoms with Crippen LogP contribution >= 0.6 is 0 Å². The summed E-state index contributed by atoms with van der Waals surface area (Å²) in [6.07, 6.45) is 1.91. The summed E-state index contributed by atoms with van der Waals surface area (Å²) < 4.78 is 0. The van der Waals surface area contributed by atoms with Crippen LogP contribution in [-0.2, 0) is 16.0 Å². The second-order valence-corrected chi connectivity index (χ2v) is 4.75. The van der Waals surface area contributed by atoms with Crippen LogP contribution in [0.3, 0.4) is 0 Å². The quantitative estimate of drug-likeness (QED) is 0.440. The molecule has 0 aliphatic heterocycles. The van der Waals surface area contributed by atoms with Crippen LogP contribution in [0.5, 0.6) is 5.75 Å².